The van der Waals surface area contributed by atoms with Crippen molar-refractivity contribution in [1.82, 2.24) is 0 Å². The van der Waals surface area contributed by atoms with Crippen LogP contribution in [0.5, 0.6) is 0 Å². The molecule has 1 rings (SSSR count). The van der Waals surface area contributed by atoms with Gasteiger partial charge in [0.25, 0.3) is 0 Å². The lowest BCUT2D eigenvalue weighted by atomic mass is 10.2. The van der Waals surface area contributed by atoms with Gasteiger partial charge in [-0.1, -0.05) is 5.92 Å². The Labute approximate surface area is 56.6 Å². The van der Waals surface area contributed by atoms with Crippen molar-refractivity contribution in [3.63, 3.8) is 0 Å². The van der Waals surface area contributed by atoms with Gasteiger partial charge in [0.2, 0.25) is 11.1 Å². The second kappa shape index (κ2) is 2.70. The van der Waals surface area contributed by atoms with Crippen LogP contribution in [0.15, 0.2) is 12.3 Å². The second-order valence-corrected chi connectivity index (χ2v) is 2.80. The Morgan fingerprint density at radius 2 is 2.67 bits per heavy atom. The molecule has 1 aliphatic rings. The van der Waals surface area contributed by atoms with Crippen molar-refractivity contribution in [2.24, 2.45) is 5.92 Å². The molecule has 0 aliphatic carbocycles. The minimum absolute atomic E-state index is 0.0143. The van der Waals surface area contributed by atoms with Gasteiger partial charge in [-0.2, -0.15) is 0 Å². The van der Waals surface area contributed by atoms with Crippen molar-refractivity contribution in [2.75, 3.05) is 5.75 Å². The fraction of sp³-hybridized carbons (Fsp3) is 0.333. The van der Waals surface area contributed by atoms with E-state index >= 15 is 0 Å². The number of rotatable bonds is 0. The highest BCUT2D eigenvalue weighted by molar-refractivity contribution is 7.80. The van der Waals surface area contributed by atoms with Gasteiger partial charge in [-0.25, -0.2) is 4.21 Å². The molecular formula is C6H6O2S. The number of hydrogen-bond donors (Lipinski definition) is 0. The van der Waals surface area contributed by atoms with Crippen molar-refractivity contribution >= 4 is 11.1 Å². The molecule has 2 unspecified atom stereocenters. The van der Waals surface area contributed by atoms with Crippen molar-refractivity contribution < 1.29 is 8.39 Å². The van der Waals surface area contributed by atoms with Gasteiger partial charge in [0.15, 0.2) is 0 Å². The monoisotopic (exact) mass is 142 g/mol. The fourth-order valence-corrected chi connectivity index (χ4v) is 1.30. The molecule has 0 N–H and O–H groups in total. The minimum atomic E-state index is -1.20. The zero-order valence-electron chi connectivity index (χ0n) is 4.74. The van der Waals surface area contributed by atoms with Crippen LogP contribution < -0.4 is 0 Å². The van der Waals surface area contributed by atoms with Crippen LogP contribution in [0.25, 0.3) is 0 Å². The van der Waals surface area contributed by atoms with E-state index in [1.807, 2.05) is 0 Å². The maximum absolute atomic E-state index is 10.6. The summed E-state index contributed by atoms with van der Waals surface area (Å²) >= 11 is -1.20. The third kappa shape index (κ3) is 1.58. The molecule has 1 heterocycles. The van der Waals surface area contributed by atoms with Gasteiger partial charge in [-0.3, -0.25) is 0 Å². The van der Waals surface area contributed by atoms with Gasteiger partial charge in [-0.05, 0) is 6.08 Å². The van der Waals surface area contributed by atoms with E-state index in [9.17, 15) is 4.21 Å². The smallest absolute Gasteiger partial charge is 0.207 e. The number of allylic oxidation sites excluding steroid dienone is 1. The lowest BCUT2D eigenvalue weighted by Gasteiger charge is -2.08. The third-order valence-electron chi connectivity index (χ3n) is 1.00. The summed E-state index contributed by atoms with van der Waals surface area (Å²) in [5.41, 5.74) is 0. The summed E-state index contributed by atoms with van der Waals surface area (Å²) in [5.74, 6) is 2.88. The van der Waals surface area contributed by atoms with Crippen molar-refractivity contribution in [1.29, 1.82) is 0 Å². The molecule has 0 saturated carbocycles. The van der Waals surface area contributed by atoms with Gasteiger partial charge in [-0.15, -0.1) is 6.42 Å². The molecule has 0 bridgehead atoms. The highest BCUT2D eigenvalue weighted by Crippen LogP contribution is 2.07. The Morgan fingerprint density at radius 3 is 3.11 bits per heavy atom. The van der Waals surface area contributed by atoms with Crippen LogP contribution in [0.2, 0.25) is 0 Å². The fourth-order valence-electron chi connectivity index (χ4n) is 0.534. The zero-order valence-corrected chi connectivity index (χ0v) is 5.56. The Bertz CT molecular complexity index is 190. The molecular weight excluding hydrogens is 136 g/mol. The molecule has 0 aromatic rings. The van der Waals surface area contributed by atoms with Crippen molar-refractivity contribution in [2.45, 2.75) is 0 Å². The zero-order chi connectivity index (χ0) is 6.69. The van der Waals surface area contributed by atoms with Crippen LogP contribution in [0.1, 0.15) is 0 Å². The Kier molecular flexibility index (Phi) is 1.91. The van der Waals surface area contributed by atoms with E-state index in [0.717, 1.165) is 0 Å². The van der Waals surface area contributed by atoms with Crippen LogP contribution in [-0.4, -0.2) is 9.96 Å². The standard InChI is InChI=1S/C6H6O2S/c1-2-6-3-4-8-9(7)5-6/h1,3-4,6H,5H2. The molecule has 9 heavy (non-hydrogen) atoms. The van der Waals surface area contributed by atoms with E-state index in [0.29, 0.717) is 5.75 Å². The second-order valence-electron chi connectivity index (χ2n) is 1.67. The predicted octanol–water partition coefficient (Wildman–Crippen LogP) is 0.443. The molecule has 0 aromatic heterocycles. The first-order valence-corrected chi connectivity index (χ1v) is 3.75. The van der Waals surface area contributed by atoms with Crippen LogP contribution in [0.4, 0.5) is 0 Å². The van der Waals surface area contributed by atoms with Gasteiger partial charge in [0.1, 0.15) is 6.26 Å². The summed E-state index contributed by atoms with van der Waals surface area (Å²) in [5, 5.41) is 0. The Hall–Kier alpha value is -0.750. The average molecular weight is 142 g/mol. The first kappa shape index (κ1) is 6.37. The molecule has 2 atom stereocenters. The molecule has 48 valence electrons. The lowest BCUT2D eigenvalue weighted by molar-refractivity contribution is 0.487. The summed E-state index contributed by atoms with van der Waals surface area (Å²) < 4.78 is 15.2. The molecule has 2 nitrogen and oxygen atoms in total. The predicted molar refractivity (Wildman–Crippen MR) is 35.6 cm³/mol. The summed E-state index contributed by atoms with van der Waals surface area (Å²) in [6.45, 7) is 0. The Morgan fingerprint density at radius 1 is 1.89 bits per heavy atom. The normalized spacial score (nSPS) is 32.8. The lowest BCUT2D eigenvalue weighted by Crippen LogP contribution is -2.11. The van der Waals surface area contributed by atoms with Gasteiger partial charge >= 0.3 is 0 Å². The third-order valence-corrected chi connectivity index (χ3v) is 1.96. The summed E-state index contributed by atoms with van der Waals surface area (Å²) in [7, 11) is 0. The largest absolute Gasteiger partial charge is 0.409 e. The molecule has 0 aromatic carbocycles. The summed E-state index contributed by atoms with van der Waals surface area (Å²) in [6, 6.07) is 0. The van der Waals surface area contributed by atoms with E-state index in [4.69, 9.17) is 6.42 Å². The quantitative estimate of drug-likeness (QED) is 0.459. The maximum atomic E-state index is 10.6. The minimum Gasteiger partial charge on any atom is -0.409 e. The molecule has 0 amide bonds. The van der Waals surface area contributed by atoms with Crippen molar-refractivity contribution in [3.8, 4) is 12.3 Å². The number of hydrogen-bond acceptors (Lipinski definition) is 2. The first-order chi connectivity index (χ1) is 4.33. The van der Waals surface area contributed by atoms with Gasteiger partial charge < -0.3 is 4.18 Å². The Balaban J connectivity index is 2.62. The average Bonchev–Trinajstić information content (AvgIpc) is 1.88. The molecule has 0 fully saturated rings. The van der Waals surface area contributed by atoms with E-state index in [1.54, 1.807) is 6.08 Å². The van der Waals surface area contributed by atoms with Crippen LogP contribution in [0, 0.1) is 18.3 Å². The van der Waals surface area contributed by atoms with Crippen LogP contribution >= 0.6 is 0 Å². The van der Waals surface area contributed by atoms with E-state index < -0.39 is 11.1 Å². The SMILES string of the molecule is C#CC1C=COS(=O)C1. The maximum Gasteiger partial charge on any atom is 0.207 e. The molecule has 0 radical (unpaired) electrons. The molecule has 1 aliphatic heterocycles. The van der Waals surface area contributed by atoms with Gasteiger partial charge in [0, 0.05) is 0 Å². The van der Waals surface area contributed by atoms with Crippen molar-refractivity contribution in [3.05, 3.63) is 12.3 Å². The highest BCUT2D eigenvalue weighted by atomic mass is 32.2. The van der Waals surface area contributed by atoms with E-state index in [1.165, 1.54) is 6.26 Å². The number of terminal acetylenes is 1. The molecule has 0 saturated heterocycles. The first-order valence-electron chi connectivity index (χ1n) is 2.51. The highest BCUT2D eigenvalue weighted by Gasteiger charge is 2.11. The summed E-state index contributed by atoms with van der Waals surface area (Å²) in [4.78, 5) is 0. The summed E-state index contributed by atoms with van der Waals surface area (Å²) in [6.07, 6.45) is 8.19. The van der Waals surface area contributed by atoms with E-state index in [2.05, 4.69) is 10.1 Å². The molecule has 0 spiro atoms. The topological polar surface area (TPSA) is 26.3 Å². The molecule has 3 heteroatoms. The van der Waals surface area contributed by atoms with Gasteiger partial charge in [0.05, 0.1) is 11.7 Å². The van der Waals surface area contributed by atoms with Crippen LogP contribution in [-0.2, 0) is 15.3 Å². The van der Waals surface area contributed by atoms with Crippen LogP contribution in [0.3, 0.4) is 0 Å². The van der Waals surface area contributed by atoms with E-state index in [-0.39, 0.29) is 5.92 Å².